The number of carbonyl (C=O) groups excluding carboxylic acids is 1. The molecule has 102 valence electrons. The fourth-order valence-corrected chi connectivity index (χ4v) is 2.27. The van der Waals surface area contributed by atoms with Gasteiger partial charge in [0, 0.05) is 19.3 Å². The van der Waals surface area contributed by atoms with Crippen LogP contribution in [0.3, 0.4) is 0 Å². The summed E-state index contributed by atoms with van der Waals surface area (Å²) in [6, 6.07) is 5.66. The Morgan fingerprint density at radius 2 is 2.37 bits per heavy atom. The zero-order chi connectivity index (χ0) is 13.8. The van der Waals surface area contributed by atoms with Gasteiger partial charge in [-0.15, -0.1) is 0 Å². The molecule has 0 bridgehead atoms. The summed E-state index contributed by atoms with van der Waals surface area (Å²) in [7, 11) is 0. The molecule has 2 aromatic rings. The first kappa shape index (κ1) is 13.9. The van der Waals surface area contributed by atoms with Crippen molar-refractivity contribution in [2.45, 2.75) is 12.1 Å². The van der Waals surface area contributed by atoms with E-state index < -0.39 is 0 Å². The van der Waals surface area contributed by atoms with Gasteiger partial charge in [0.2, 0.25) is 0 Å². The molecule has 0 aliphatic rings. The maximum Gasteiger partial charge on any atom is 0.272 e. The molecule has 5 nitrogen and oxygen atoms in total. The number of aliphatic hydroxyl groups is 1. The highest BCUT2D eigenvalue weighted by atomic mass is 32.2. The van der Waals surface area contributed by atoms with Crippen LogP contribution in [-0.4, -0.2) is 39.8 Å². The number of hydrogen-bond acceptors (Lipinski definition) is 4. The lowest BCUT2D eigenvalue weighted by molar-refractivity contribution is 0.0939. The molecular formula is C13H17N3O2S. The van der Waals surface area contributed by atoms with E-state index in [1.807, 2.05) is 42.0 Å². The van der Waals surface area contributed by atoms with Crippen LogP contribution in [0.1, 0.15) is 17.4 Å². The summed E-state index contributed by atoms with van der Waals surface area (Å²) in [5.74, 6) is -0.165. The normalized spacial score (nSPS) is 12.6. The molecule has 0 saturated carbocycles. The number of rotatable bonds is 5. The molecule has 19 heavy (non-hydrogen) atoms. The lowest BCUT2D eigenvalue weighted by atomic mass is 10.2. The number of fused-ring (bicyclic) bond motifs is 1. The number of aliphatic hydroxyl groups excluding tert-OH is 1. The van der Waals surface area contributed by atoms with Crippen molar-refractivity contribution < 1.29 is 9.90 Å². The molecule has 1 unspecified atom stereocenters. The maximum absolute atomic E-state index is 12.1. The zero-order valence-electron chi connectivity index (χ0n) is 11.0. The molecule has 0 radical (unpaired) electrons. The number of carbonyl (C=O) groups is 1. The molecule has 2 N–H and O–H groups in total. The minimum absolute atomic E-state index is 0.0397. The Bertz CT molecular complexity index is 582. The predicted octanol–water partition coefficient (Wildman–Crippen LogP) is 1.41. The van der Waals surface area contributed by atoms with E-state index in [4.69, 9.17) is 5.11 Å². The first-order chi connectivity index (χ1) is 9.17. The van der Waals surface area contributed by atoms with Crippen LogP contribution in [0, 0.1) is 5.92 Å². The van der Waals surface area contributed by atoms with Gasteiger partial charge in [-0.25, -0.2) is 4.98 Å². The molecular weight excluding hydrogens is 262 g/mol. The van der Waals surface area contributed by atoms with Crippen molar-refractivity contribution in [3.8, 4) is 0 Å². The molecule has 1 amide bonds. The number of nitrogens with one attached hydrogen (secondary N) is 1. The van der Waals surface area contributed by atoms with Crippen LogP contribution in [0.15, 0.2) is 29.6 Å². The Balaban J connectivity index is 2.27. The van der Waals surface area contributed by atoms with E-state index in [-0.39, 0.29) is 18.4 Å². The van der Waals surface area contributed by atoms with Gasteiger partial charge >= 0.3 is 0 Å². The minimum Gasteiger partial charge on any atom is -0.396 e. The molecule has 6 heteroatoms. The van der Waals surface area contributed by atoms with Crippen molar-refractivity contribution in [1.82, 2.24) is 14.7 Å². The number of thioether (sulfide) groups is 1. The number of amides is 1. The van der Waals surface area contributed by atoms with Crippen LogP contribution < -0.4 is 5.32 Å². The lowest BCUT2D eigenvalue weighted by Crippen LogP contribution is -2.29. The monoisotopic (exact) mass is 279 g/mol. The summed E-state index contributed by atoms with van der Waals surface area (Å²) in [5, 5.41) is 12.5. The highest BCUT2D eigenvalue weighted by Crippen LogP contribution is 2.19. The van der Waals surface area contributed by atoms with Gasteiger partial charge in [0.1, 0.15) is 0 Å². The van der Waals surface area contributed by atoms with E-state index in [2.05, 4.69) is 10.3 Å². The van der Waals surface area contributed by atoms with Crippen molar-refractivity contribution in [3.05, 3.63) is 30.1 Å². The van der Waals surface area contributed by atoms with Gasteiger partial charge in [-0.05, 0) is 24.3 Å². The molecule has 0 aromatic carbocycles. The zero-order valence-corrected chi connectivity index (χ0v) is 11.8. The fourth-order valence-electron chi connectivity index (χ4n) is 1.74. The molecule has 0 aliphatic carbocycles. The number of hydrogen-bond donors (Lipinski definition) is 2. The lowest BCUT2D eigenvalue weighted by Gasteiger charge is -2.08. The summed E-state index contributed by atoms with van der Waals surface area (Å²) in [6.45, 7) is 2.37. The molecule has 0 spiro atoms. The molecule has 0 fully saturated rings. The second-order valence-electron chi connectivity index (χ2n) is 4.40. The van der Waals surface area contributed by atoms with Crippen molar-refractivity contribution >= 4 is 23.2 Å². The number of nitrogens with zero attached hydrogens (tertiary/aromatic N) is 2. The molecule has 2 rings (SSSR count). The Kier molecular flexibility index (Phi) is 4.44. The van der Waals surface area contributed by atoms with E-state index in [0.717, 1.165) is 10.7 Å². The maximum atomic E-state index is 12.1. The van der Waals surface area contributed by atoms with E-state index in [1.165, 1.54) is 11.8 Å². The molecule has 2 aromatic heterocycles. The van der Waals surface area contributed by atoms with Crippen LogP contribution in [0.25, 0.3) is 5.52 Å². The molecule has 1 atom stereocenters. The van der Waals surface area contributed by atoms with Crippen LogP contribution in [-0.2, 0) is 0 Å². The third-order valence-corrected chi connectivity index (χ3v) is 3.49. The molecule has 0 saturated heterocycles. The second-order valence-corrected chi connectivity index (χ2v) is 5.17. The van der Waals surface area contributed by atoms with Crippen LogP contribution in [0.4, 0.5) is 0 Å². The van der Waals surface area contributed by atoms with Crippen LogP contribution >= 0.6 is 11.8 Å². The van der Waals surface area contributed by atoms with Gasteiger partial charge in [-0.2, -0.15) is 0 Å². The standard InChI is InChI=1S/C13H17N3O2S/c1-9(8-17)7-14-12(18)11-10-5-3-4-6-16(10)13(15-11)19-2/h3-6,9,17H,7-8H2,1-2H3,(H,14,18). The Morgan fingerprint density at radius 1 is 1.58 bits per heavy atom. The quantitative estimate of drug-likeness (QED) is 0.812. The van der Waals surface area contributed by atoms with Gasteiger partial charge in [0.15, 0.2) is 10.9 Å². The number of pyridine rings is 1. The second kappa shape index (κ2) is 6.08. The summed E-state index contributed by atoms with van der Waals surface area (Å²) in [5.41, 5.74) is 1.22. The summed E-state index contributed by atoms with van der Waals surface area (Å²) >= 11 is 1.50. The minimum atomic E-state index is -0.204. The number of imidazole rings is 1. The SMILES string of the molecule is CSc1nc(C(=O)NCC(C)CO)c2ccccn12. The Morgan fingerprint density at radius 3 is 3.05 bits per heavy atom. The van der Waals surface area contributed by atoms with Crippen molar-refractivity contribution in [3.63, 3.8) is 0 Å². The summed E-state index contributed by atoms with van der Waals surface area (Å²) < 4.78 is 1.90. The van der Waals surface area contributed by atoms with Crippen molar-refractivity contribution in [2.24, 2.45) is 5.92 Å². The smallest absolute Gasteiger partial charge is 0.272 e. The first-order valence-corrected chi connectivity index (χ1v) is 7.30. The Labute approximate surface area is 116 Å². The van der Waals surface area contributed by atoms with E-state index >= 15 is 0 Å². The largest absolute Gasteiger partial charge is 0.396 e. The Hall–Kier alpha value is -1.53. The van der Waals surface area contributed by atoms with E-state index in [0.29, 0.717) is 12.2 Å². The fraction of sp³-hybridized carbons (Fsp3) is 0.385. The third-order valence-electron chi connectivity index (χ3n) is 2.84. The summed E-state index contributed by atoms with van der Waals surface area (Å²) in [6.07, 6.45) is 3.82. The van der Waals surface area contributed by atoms with Gasteiger partial charge in [0.25, 0.3) is 5.91 Å². The van der Waals surface area contributed by atoms with Crippen molar-refractivity contribution in [1.29, 1.82) is 0 Å². The molecule has 2 heterocycles. The third kappa shape index (κ3) is 2.90. The van der Waals surface area contributed by atoms with E-state index in [9.17, 15) is 4.79 Å². The van der Waals surface area contributed by atoms with Crippen molar-refractivity contribution in [2.75, 3.05) is 19.4 Å². The van der Waals surface area contributed by atoms with E-state index in [1.54, 1.807) is 0 Å². The highest BCUT2D eigenvalue weighted by Gasteiger charge is 2.16. The average Bonchev–Trinajstić information content (AvgIpc) is 2.83. The van der Waals surface area contributed by atoms with Gasteiger partial charge in [0.05, 0.1) is 5.52 Å². The first-order valence-electron chi connectivity index (χ1n) is 6.07. The highest BCUT2D eigenvalue weighted by molar-refractivity contribution is 7.98. The average molecular weight is 279 g/mol. The summed E-state index contributed by atoms with van der Waals surface area (Å²) in [4.78, 5) is 16.5. The van der Waals surface area contributed by atoms with Crippen LogP contribution in [0.5, 0.6) is 0 Å². The van der Waals surface area contributed by atoms with Gasteiger partial charge < -0.3 is 10.4 Å². The van der Waals surface area contributed by atoms with Crippen LogP contribution in [0.2, 0.25) is 0 Å². The van der Waals surface area contributed by atoms with Gasteiger partial charge in [-0.3, -0.25) is 9.20 Å². The predicted molar refractivity (Wildman–Crippen MR) is 75.6 cm³/mol. The number of aromatic nitrogens is 2. The molecule has 0 aliphatic heterocycles. The van der Waals surface area contributed by atoms with Gasteiger partial charge in [-0.1, -0.05) is 24.8 Å². The topological polar surface area (TPSA) is 66.6 Å².